The van der Waals surface area contributed by atoms with Crippen molar-refractivity contribution in [2.75, 3.05) is 19.3 Å². The molecule has 0 unspecified atom stereocenters. The Labute approximate surface area is 124 Å². The first-order valence-electron chi connectivity index (χ1n) is 6.76. The van der Waals surface area contributed by atoms with Gasteiger partial charge in [0.25, 0.3) is 0 Å². The number of carbonyl (C=O) groups excluding carboxylic acids is 1. The average Bonchev–Trinajstić information content (AvgIpc) is 2.39. The third-order valence-electron chi connectivity index (χ3n) is 3.54. The van der Waals surface area contributed by atoms with Crippen molar-refractivity contribution >= 4 is 15.9 Å². The summed E-state index contributed by atoms with van der Waals surface area (Å²) in [6.45, 7) is 1.23. The standard InChI is InChI=1S/C14H20N2O4S/c1-21(18,19)13(15)7-12-8-16(9-12)14(17)20-10-11-5-3-2-4-6-11/h2-6,12-13H,7-10,15H2,1H3/t13-/m1/s1. The van der Waals surface area contributed by atoms with Crippen LogP contribution >= 0.6 is 0 Å². The highest BCUT2D eigenvalue weighted by Crippen LogP contribution is 2.22. The molecule has 21 heavy (non-hydrogen) atoms. The predicted octanol–water partition coefficient (Wildman–Crippen LogP) is 0.974. The largest absolute Gasteiger partial charge is 0.445 e. The summed E-state index contributed by atoms with van der Waals surface area (Å²) in [5.41, 5.74) is 6.53. The Balaban J connectivity index is 1.71. The van der Waals surface area contributed by atoms with E-state index in [1.807, 2.05) is 30.3 Å². The molecule has 2 N–H and O–H groups in total. The van der Waals surface area contributed by atoms with Crippen molar-refractivity contribution in [2.24, 2.45) is 11.7 Å². The number of sulfone groups is 1. The van der Waals surface area contributed by atoms with Crippen molar-refractivity contribution < 1.29 is 17.9 Å². The van der Waals surface area contributed by atoms with Gasteiger partial charge in [-0.05, 0) is 17.9 Å². The number of rotatable bonds is 5. The van der Waals surface area contributed by atoms with Crippen molar-refractivity contribution in [3.8, 4) is 0 Å². The summed E-state index contributed by atoms with van der Waals surface area (Å²) in [7, 11) is -3.21. The summed E-state index contributed by atoms with van der Waals surface area (Å²) in [6, 6.07) is 9.44. The highest BCUT2D eigenvalue weighted by atomic mass is 32.2. The Morgan fingerprint density at radius 3 is 2.57 bits per heavy atom. The molecular weight excluding hydrogens is 292 g/mol. The smallest absolute Gasteiger partial charge is 0.410 e. The molecule has 0 aliphatic carbocycles. The lowest BCUT2D eigenvalue weighted by molar-refractivity contribution is 0.0470. The van der Waals surface area contributed by atoms with E-state index in [1.54, 1.807) is 4.90 Å². The van der Waals surface area contributed by atoms with Crippen LogP contribution in [0.4, 0.5) is 4.79 Å². The third kappa shape index (κ3) is 4.44. The number of amides is 1. The molecule has 1 aromatic carbocycles. The van der Waals surface area contributed by atoms with Crippen molar-refractivity contribution in [1.29, 1.82) is 0 Å². The molecule has 1 fully saturated rings. The van der Waals surface area contributed by atoms with Gasteiger partial charge in [-0.15, -0.1) is 0 Å². The Morgan fingerprint density at radius 1 is 1.38 bits per heavy atom. The summed E-state index contributed by atoms with van der Waals surface area (Å²) in [5.74, 6) is 0.124. The molecule has 1 atom stereocenters. The van der Waals surface area contributed by atoms with Gasteiger partial charge >= 0.3 is 6.09 Å². The number of nitrogens with zero attached hydrogens (tertiary/aromatic N) is 1. The van der Waals surface area contributed by atoms with E-state index < -0.39 is 15.2 Å². The van der Waals surface area contributed by atoms with Gasteiger partial charge in [0.2, 0.25) is 0 Å². The van der Waals surface area contributed by atoms with Gasteiger partial charge < -0.3 is 15.4 Å². The van der Waals surface area contributed by atoms with Crippen molar-refractivity contribution in [3.63, 3.8) is 0 Å². The lowest BCUT2D eigenvalue weighted by Gasteiger charge is -2.39. The maximum atomic E-state index is 11.8. The van der Waals surface area contributed by atoms with E-state index in [1.165, 1.54) is 0 Å². The van der Waals surface area contributed by atoms with Gasteiger partial charge in [-0.25, -0.2) is 13.2 Å². The monoisotopic (exact) mass is 312 g/mol. The van der Waals surface area contributed by atoms with E-state index >= 15 is 0 Å². The van der Waals surface area contributed by atoms with Gasteiger partial charge in [0.15, 0.2) is 9.84 Å². The van der Waals surface area contributed by atoms with Crippen molar-refractivity contribution in [2.45, 2.75) is 18.4 Å². The molecule has 1 aliphatic heterocycles. The SMILES string of the molecule is CS(=O)(=O)[C@@H](N)CC1CN(C(=O)OCc2ccccc2)C1. The number of ether oxygens (including phenoxy) is 1. The minimum atomic E-state index is -3.21. The van der Waals surface area contributed by atoms with Crippen LogP contribution in [0.5, 0.6) is 0 Å². The molecule has 0 aromatic heterocycles. The van der Waals surface area contributed by atoms with E-state index in [0.717, 1.165) is 11.8 Å². The van der Waals surface area contributed by atoms with Crippen LogP contribution in [0.3, 0.4) is 0 Å². The highest BCUT2D eigenvalue weighted by molar-refractivity contribution is 7.91. The average molecular weight is 312 g/mol. The normalized spacial score (nSPS) is 17.1. The van der Waals surface area contributed by atoms with Gasteiger partial charge in [-0.2, -0.15) is 0 Å². The molecule has 1 aromatic rings. The third-order valence-corrected chi connectivity index (χ3v) is 4.83. The van der Waals surface area contributed by atoms with Crippen LogP contribution in [0.15, 0.2) is 30.3 Å². The fourth-order valence-corrected chi connectivity index (χ4v) is 2.80. The van der Waals surface area contributed by atoms with E-state index in [-0.39, 0.29) is 18.6 Å². The lowest BCUT2D eigenvalue weighted by atomic mass is 9.97. The van der Waals surface area contributed by atoms with Crippen molar-refractivity contribution in [1.82, 2.24) is 4.90 Å². The van der Waals surface area contributed by atoms with Crippen LogP contribution in [0.25, 0.3) is 0 Å². The van der Waals surface area contributed by atoms with Gasteiger partial charge in [0.05, 0.1) is 0 Å². The summed E-state index contributed by atoms with van der Waals surface area (Å²) < 4.78 is 27.7. The molecule has 6 nitrogen and oxygen atoms in total. The molecule has 0 spiro atoms. The van der Waals surface area contributed by atoms with E-state index in [2.05, 4.69) is 0 Å². The number of hydrogen-bond donors (Lipinski definition) is 1. The van der Waals surface area contributed by atoms with Crippen LogP contribution in [-0.2, 0) is 21.2 Å². The van der Waals surface area contributed by atoms with Gasteiger partial charge in [-0.1, -0.05) is 30.3 Å². The minimum absolute atomic E-state index is 0.124. The zero-order valence-corrected chi connectivity index (χ0v) is 12.8. The Morgan fingerprint density at radius 2 is 2.00 bits per heavy atom. The Bertz CT molecular complexity index is 582. The fraction of sp³-hybridized carbons (Fsp3) is 0.500. The molecule has 0 saturated carbocycles. The highest BCUT2D eigenvalue weighted by Gasteiger charge is 2.34. The summed E-state index contributed by atoms with van der Waals surface area (Å²) in [6.07, 6.45) is 1.13. The Hall–Kier alpha value is -1.60. The maximum Gasteiger partial charge on any atom is 0.410 e. The topological polar surface area (TPSA) is 89.7 Å². The number of nitrogens with two attached hydrogens (primary N) is 1. The van der Waals surface area contributed by atoms with Gasteiger partial charge in [-0.3, -0.25) is 0 Å². The summed E-state index contributed by atoms with van der Waals surface area (Å²) in [4.78, 5) is 13.3. The molecule has 1 aliphatic rings. The van der Waals surface area contributed by atoms with E-state index in [9.17, 15) is 13.2 Å². The minimum Gasteiger partial charge on any atom is -0.445 e. The number of likely N-dealkylation sites (tertiary alicyclic amines) is 1. The van der Waals surface area contributed by atoms with Gasteiger partial charge in [0, 0.05) is 19.3 Å². The molecule has 116 valence electrons. The fourth-order valence-electron chi connectivity index (χ4n) is 2.18. The van der Waals surface area contributed by atoms with Crippen LogP contribution in [0.2, 0.25) is 0 Å². The van der Waals surface area contributed by atoms with E-state index in [0.29, 0.717) is 19.5 Å². The van der Waals surface area contributed by atoms with E-state index in [4.69, 9.17) is 10.5 Å². The molecule has 0 bridgehead atoms. The Kier molecular flexibility index (Phi) is 4.84. The first-order valence-corrected chi connectivity index (χ1v) is 8.72. The molecule has 0 radical (unpaired) electrons. The molecule has 7 heteroatoms. The number of benzene rings is 1. The molecule has 2 rings (SSSR count). The zero-order valence-electron chi connectivity index (χ0n) is 11.9. The molecule has 1 saturated heterocycles. The van der Waals surface area contributed by atoms with Crippen LogP contribution < -0.4 is 5.73 Å². The number of hydrogen-bond acceptors (Lipinski definition) is 5. The second kappa shape index (κ2) is 6.44. The summed E-state index contributed by atoms with van der Waals surface area (Å²) in [5, 5.41) is -0.856. The molecule has 1 amide bonds. The summed E-state index contributed by atoms with van der Waals surface area (Å²) >= 11 is 0. The number of carbonyl (C=O) groups is 1. The zero-order chi connectivity index (χ0) is 15.5. The predicted molar refractivity (Wildman–Crippen MR) is 79.1 cm³/mol. The van der Waals surface area contributed by atoms with Gasteiger partial charge in [0.1, 0.15) is 12.0 Å². The lowest BCUT2D eigenvalue weighted by Crippen LogP contribution is -2.52. The second-order valence-electron chi connectivity index (χ2n) is 5.41. The molecular formula is C14H20N2O4S. The second-order valence-corrected chi connectivity index (χ2v) is 7.68. The first kappa shape index (κ1) is 15.8. The first-order chi connectivity index (χ1) is 9.86. The van der Waals surface area contributed by atoms with Crippen molar-refractivity contribution in [3.05, 3.63) is 35.9 Å². The maximum absolute atomic E-state index is 11.8. The van der Waals surface area contributed by atoms with Crippen LogP contribution in [0, 0.1) is 5.92 Å². The van der Waals surface area contributed by atoms with Crippen LogP contribution in [-0.4, -0.2) is 44.1 Å². The molecule has 1 heterocycles. The van der Waals surface area contributed by atoms with Crippen LogP contribution in [0.1, 0.15) is 12.0 Å². The quantitative estimate of drug-likeness (QED) is 0.875.